The Morgan fingerprint density at radius 2 is 0.860 bits per heavy atom. The smallest absolute Gasteiger partial charge is 0.164 e. The maximum Gasteiger partial charge on any atom is 0.164 e. The van der Waals surface area contributed by atoms with Crippen molar-refractivity contribution in [3.05, 3.63) is 188 Å². The fourth-order valence-corrected chi connectivity index (χ4v) is 8.58. The zero-order chi connectivity index (χ0) is 37.5. The van der Waals surface area contributed by atoms with Crippen LogP contribution >= 0.6 is 0 Å². The van der Waals surface area contributed by atoms with Gasteiger partial charge in [-0.2, -0.15) is 0 Å². The Morgan fingerprint density at radius 1 is 0.333 bits per heavy atom. The number of furan rings is 1. The average Bonchev–Trinajstić information content (AvgIpc) is 3.93. The third-order valence-electron chi connectivity index (χ3n) is 11.2. The first-order valence-electron chi connectivity index (χ1n) is 19.1. The first-order valence-corrected chi connectivity index (χ1v) is 19.1. The molecule has 8 aromatic carbocycles. The standard InChI is InChI=1S/C51H31N5O/c1-4-15-32(16-5-1)49-52-50(33-17-6-2-7-18-33)54-51(53-49)34-27-28-38-39-23-14-26-44(48(39)57-47(38)29-34)56-43-25-13-11-22-37(43)41-30-40-36-21-10-12-24-42(36)55(45(40)31-46(41)56)35-19-8-3-9-20-35/h1-31H. The predicted octanol–water partition coefficient (Wildman–Crippen LogP) is 13.0. The normalized spacial score (nSPS) is 11.9. The lowest BCUT2D eigenvalue weighted by Gasteiger charge is -2.10. The van der Waals surface area contributed by atoms with Gasteiger partial charge in [0.25, 0.3) is 0 Å². The van der Waals surface area contributed by atoms with E-state index in [0.717, 1.165) is 66.6 Å². The molecule has 0 radical (unpaired) electrons. The van der Waals surface area contributed by atoms with E-state index in [9.17, 15) is 0 Å². The zero-order valence-corrected chi connectivity index (χ0v) is 30.5. The molecule has 0 aliphatic rings. The second kappa shape index (κ2) is 12.3. The van der Waals surface area contributed by atoms with Gasteiger partial charge in [0.05, 0.1) is 27.8 Å². The van der Waals surface area contributed by atoms with E-state index in [4.69, 9.17) is 19.4 Å². The summed E-state index contributed by atoms with van der Waals surface area (Å²) >= 11 is 0. The summed E-state index contributed by atoms with van der Waals surface area (Å²) in [5.74, 6) is 1.84. The van der Waals surface area contributed by atoms with Crippen LogP contribution < -0.4 is 0 Å². The van der Waals surface area contributed by atoms with E-state index < -0.39 is 0 Å². The molecule has 0 saturated heterocycles. The number of rotatable bonds is 5. The van der Waals surface area contributed by atoms with Gasteiger partial charge in [-0.05, 0) is 54.6 Å². The molecule has 0 atom stereocenters. The van der Waals surface area contributed by atoms with Crippen molar-refractivity contribution in [3.8, 4) is 45.5 Å². The van der Waals surface area contributed by atoms with Crippen molar-refractivity contribution in [2.45, 2.75) is 0 Å². The number of benzene rings is 8. The second-order valence-corrected chi connectivity index (χ2v) is 14.4. The number of aromatic nitrogens is 5. The first-order chi connectivity index (χ1) is 28.3. The van der Waals surface area contributed by atoms with Crippen LogP contribution in [0.5, 0.6) is 0 Å². The molecule has 12 aromatic rings. The lowest BCUT2D eigenvalue weighted by Crippen LogP contribution is -2.00. The van der Waals surface area contributed by atoms with Crippen LogP contribution in [0.15, 0.2) is 192 Å². The van der Waals surface area contributed by atoms with Crippen LogP contribution in [0.3, 0.4) is 0 Å². The zero-order valence-electron chi connectivity index (χ0n) is 30.5. The topological polar surface area (TPSA) is 61.7 Å². The van der Waals surface area contributed by atoms with Gasteiger partial charge >= 0.3 is 0 Å². The summed E-state index contributed by atoms with van der Waals surface area (Å²) in [5, 5.41) is 6.93. The lowest BCUT2D eigenvalue weighted by molar-refractivity contribution is 0.666. The molecular formula is C51H31N5O. The second-order valence-electron chi connectivity index (χ2n) is 14.4. The van der Waals surface area contributed by atoms with Crippen LogP contribution in [0.1, 0.15) is 0 Å². The van der Waals surface area contributed by atoms with Gasteiger partial charge in [-0.15, -0.1) is 0 Å². The molecule has 266 valence electrons. The lowest BCUT2D eigenvalue weighted by atomic mass is 10.1. The van der Waals surface area contributed by atoms with Crippen molar-refractivity contribution in [3.63, 3.8) is 0 Å². The Kier molecular flexibility index (Phi) is 6.83. The summed E-state index contributed by atoms with van der Waals surface area (Å²) in [6.07, 6.45) is 0. The van der Waals surface area contributed by atoms with Crippen LogP contribution in [0.2, 0.25) is 0 Å². The Balaban J connectivity index is 1.08. The molecule has 0 aliphatic carbocycles. The summed E-state index contributed by atoms with van der Waals surface area (Å²) in [4.78, 5) is 14.9. The van der Waals surface area contributed by atoms with E-state index in [2.05, 4.69) is 137 Å². The number of hydrogen-bond acceptors (Lipinski definition) is 4. The van der Waals surface area contributed by atoms with Crippen LogP contribution in [0.25, 0.3) is 111 Å². The third-order valence-corrected chi connectivity index (χ3v) is 11.2. The van der Waals surface area contributed by atoms with Crippen LogP contribution in [-0.4, -0.2) is 24.1 Å². The van der Waals surface area contributed by atoms with Gasteiger partial charge in [-0.1, -0.05) is 133 Å². The fraction of sp³-hybridized carbons (Fsp3) is 0. The van der Waals surface area contributed by atoms with E-state index in [1.807, 2.05) is 60.7 Å². The Bertz CT molecular complexity index is 3450. The molecule has 4 heterocycles. The highest BCUT2D eigenvalue weighted by atomic mass is 16.3. The van der Waals surface area contributed by atoms with E-state index >= 15 is 0 Å². The maximum absolute atomic E-state index is 6.93. The summed E-state index contributed by atoms with van der Waals surface area (Å²) in [6, 6.07) is 65.5. The minimum atomic E-state index is 0.588. The Morgan fingerprint density at radius 3 is 1.51 bits per heavy atom. The van der Waals surface area contributed by atoms with Crippen molar-refractivity contribution in [1.29, 1.82) is 0 Å². The Hall–Kier alpha value is -7.83. The summed E-state index contributed by atoms with van der Waals surface area (Å²) in [6.45, 7) is 0. The largest absolute Gasteiger partial charge is 0.454 e. The van der Waals surface area contributed by atoms with Gasteiger partial charge in [-0.25, -0.2) is 15.0 Å². The van der Waals surface area contributed by atoms with E-state index in [0.29, 0.717) is 17.5 Å². The summed E-state index contributed by atoms with van der Waals surface area (Å²) in [5.41, 5.74) is 11.0. The number of para-hydroxylation sites is 4. The summed E-state index contributed by atoms with van der Waals surface area (Å²) < 4.78 is 11.7. The minimum Gasteiger partial charge on any atom is -0.454 e. The average molecular weight is 730 g/mol. The van der Waals surface area contributed by atoms with Crippen molar-refractivity contribution < 1.29 is 4.42 Å². The van der Waals surface area contributed by atoms with Gasteiger partial charge in [0.1, 0.15) is 5.58 Å². The van der Waals surface area contributed by atoms with Crippen molar-refractivity contribution in [2.75, 3.05) is 0 Å². The molecule has 0 bridgehead atoms. The van der Waals surface area contributed by atoms with Crippen molar-refractivity contribution >= 4 is 65.6 Å². The highest BCUT2D eigenvalue weighted by molar-refractivity contribution is 6.20. The summed E-state index contributed by atoms with van der Waals surface area (Å²) in [7, 11) is 0. The molecule has 0 fully saturated rings. The highest BCUT2D eigenvalue weighted by Gasteiger charge is 2.21. The molecule has 57 heavy (non-hydrogen) atoms. The van der Waals surface area contributed by atoms with E-state index in [1.54, 1.807) is 0 Å². The van der Waals surface area contributed by atoms with Crippen LogP contribution in [0.4, 0.5) is 0 Å². The van der Waals surface area contributed by atoms with Crippen LogP contribution in [-0.2, 0) is 0 Å². The number of fused-ring (bicyclic) bond motifs is 9. The molecule has 12 rings (SSSR count). The Labute approximate surface area is 326 Å². The third kappa shape index (κ3) is 4.87. The molecule has 4 aromatic heterocycles. The fourth-order valence-electron chi connectivity index (χ4n) is 8.58. The van der Waals surface area contributed by atoms with Gasteiger partial charge in [0.2, 0.25) is 0 Å². The van der Waals surface area contributed by atoms with Crippen LogP contribution in [0, 0.1) is 0 Å². The quantitative estimate of drug-likeness (QED) is 0.177. The maximum atomic E-state index is 6.93. The predicted molar refractivity (Wildman–Crippen MR) is 232 cm³/mol. The molecule has 0 saturated carbocycles. The SMILES string of the molecule is c1ccc(-c2nc(-c3ccccc3)nc(-c3ccc4c(c3)oc3c(-n5c6ccccc6c6cc7c8ccccc8n(-c8ccccc8)c7cc65)cccc34)n2)cc1. The number of nitrogens with zero attached hydrogens (tertiary/aromatic N) is 5. The highest BCUT2D eigenvalue weighted by Crippen LogP contribution is 2.42. The van der Waals surface area contributed by atoms with Crippen molar-refractivity contribution in [2.24, 2.45) is 0 Å². The van der Waals surface area contributed by atoms with E-state index in [1.165, 1.54) is 27.1 Å². The molecule has 0 N–H and O–H groups in total. The molecule has 6 nitrogen and oxygen atoms in total. The minimum absolute atomic E-state index is 0.588. The van der Waals surface area contributed by atoms with Gasteiger partial charge < -0.3 is 13.6 Å². The molecule has 0 amide bonds. The molecule has 0 aliphatic heterocycles. The van der Waals surface area contributed by atoms with Gasteiger partial charge in [-0.3, -0.25) is 0 Å². The molecule has 6 heteroatoms. The molecular weight excluding hydrogens is 699 g/mol. The molecule has 0 unspecified atom stereocenters. The first kappa shape index (κ1) is 31.5. The van der Waals surface area contributed by atoms with Gasteiger partial charge in [0.15, 0.2) is 23.1 Å². The molecule has 0 spiro atoms. The van der Waals surface area contributed by atoms with E-state index in [-0.39, 0.29) is 0 Å². The number of hydrogen-bond donors (Lipinski definition) is 0. The van der Waals surface area contributed by atoms with Crippen molar-refractivity contribution in [1.82, 2.24) is 24.1 Å². The monoisotopic (exact) mass is 729 g/mol. The van der Waals surface area contributed by atoms with Gasteiger partial charge in [0, 0.05) is 54.7 Å².